The lowest BCUT2D eigenvalue weighted by molar-refractivity contribution is -0.133. The minimum Gasteiger partial charge on any atom is -0.338 e. The Kier molecular flexibility index (Phi) is 2.83. The Labute approximate surface area is 107 Å². The lowest BCUT2D eigenvalue weighted by Gasteiger charge is -2.34. The van der Waals surface area contributed by atoms with E-state index in [2.05, 4.69) is 12.1 Å². The number of fused-ring (bicyclic) bond motifs is 1. The Balaban J connectivity index is 1.75. The van der Waals surface area contributed by atoms with Crippen LogP contribution in [0.5, 0.6) is 0 Å². The van der Waals surface area contributed by atoms with Crippen molar-refractivity contribution in [3.8, 4) is 0 Å². The smallest absolute Gasteiger partial charge is 0.230 e. The Morgan fingerprint density at radius 1 is 1.35 bits per heavy atom. The van der Waals surface area contributed by atoms with Crippen LogP contribution in [-0.4, -0.2) is 29.3 Å². The molecule has 2 aliphatic carbocycles. The van der Waals surface area contributed by atoms with E-state index in [1.54, 1.807) is 0 Å². The van der Waals surface area contributed by atoms with Crippen molar-refractivity contribution < 1.29 is 4.79 Å². The fraction of sp³-hybridized carbons (Fsp3) is 0.500. The first-order valence-electron chi connectivity index (χ1n) is 6.25. The van der Waals surface area contributed by atoms with Crippen molar-refractivity contribution in [3.05, 3.63) is 35.4 Å². The number of benzene rings is 1. The fourth-order valence-corrected chi connectivity index (χ4v) is 2.81. The molecular weight excluding hydrogens is 234 g/mol. The number of carbonyl (C=O) groups excluding carboxylic acids is 1. The Bertz CT molecular complexity index is 442. The van der Waals surface area contributed by atoms with Crippen molar-refractivity contribution in [2.45, 2.75) is 31.2 Å². The van der Waals surface area contributed by atoms with Crippen LogP contribution in [0.3, 0.4) is 0 Å². The highest BCUT2D eigenvalue weighted by atomic mass is 35.5. The fourth-order valence-electron chi connectivity index (χ4n) is 2.63. The number of halogens is 1. The van der Waals surface area contributed by atoms with Crippen LogP contribution < -0.4 is 0 Å². The molecule has 0 spiro atoms. The number of hydrogen-bond acceptors (Lipinski definition) is 1. The molecular formula is C14H16ClNO. The summed E-state index contributed by atoms with van der Waals surface area (Å²) < 4.78 is 0. The summed E-state index contributed by atoms with van der Waals surface area (Å²) in [6.45, 7) is 0.698. The van der Waals surface area contributed by atoms with Crippen molar-refractivity contribution in [1.29, 1.82) is 0 Å². The summed E-state index contributed by atoms with van der Waals surface area (Å²) in [7, 11) is 0. The zero-order chi connectivity index (χ0) is 11.8. The predicted molar refractivity (Wildman–Crippen MR) is 68.3 cm³/mol. The highest BCUT2D eigenvalue weighted by molar-refractivity contribution is 6.18. The highest BCUT2D eigenvalue weighted by Gasteiger charge is 2.39. The number of carbonyl (C=O) groups is 1. The van der Waals surface area contributed by atoms with Crippen LogP contribution in [0.4, 0.5) is 0 Å². The van der Waals surface area contributed by atoms with Gasteiger partial charge in [-0.25, -0.2) is 0 Å². The van der Waals surface area contributed by atoms with E-state index in [0.29, 0.717) is 18.5 Å². The van der Waals surface area contributed by atoms with Crippen LogP contribution in [0.1, 0.15) is 29.9 Å². The second-order valence-corrected chi connectivity index (χ2v) is 5.29. The molecule has 2 nitrogen and oxygen atoms in total. The van der Waals surface area contributed by atoms with E-state index in [4.69, 9.17) is 11.6 Å². The van der Waals surface area contributed by atoms with Crippen LogP contribution in [0.25, 0.3) is 0 Å². The van der Waals surface area contributed by atoms with Crippen LogP contribution in [0.15, 0.2) is 24.3 Å². The van der Waals surface area contributed by atoms with Crippen LogP contribution >= 0.6 is 11.6 Å². The zero-order valence-electron chi connectivity index (χ0n) is 9.73. The summed E-state index contributed by atoms with van der Waals surface area (Å²) in [6, 6.07) is 8.71. The average Bonchev–Trinajstić information content (AvgIpc) is 3.11. The quantitative estimate of drug-likeness (QED) is 0.751. The number of amides is 1. The van der Waals surface area contributed by atoms with Gasteiger partial charge in [0.05, 0.1) is 5.92 Å². The molecule has 0 heterocycles. The van der Waals surface area contributed by atoms with Gasteiger partial charge < -0.3 is 4.90 Å². The lowest BCUT2D eigenvalue weighted by Crippen LogP contribution is -2.41. The molecule has 1 fully saturated rings. The molecule has 0 aliphatic heterocycles. The van der Waals surface area contributed by atoms with Crippen molar-refractivity contribution in [2.24, 2.45) is 0 Å². The minimum absolute atomic E-state index is 0.0926. The first-order valence-corrected chi connectivity index (χ1v) is 6.79. The van der Waals surface area contributed by atoms with Crippen molar-refractivity contribution >= 4 is 17.5 Å². The number of hydrogen-bond donors (Lipinski definition) is 0. The molecule has 1 unspecified atom stereocenters. The van der Waals surface area contributed by atoms with Gasteiger partial charge in [-0.15, -0.1) is 11.6 Å². The Hall–Kier alpha value is -1.02. The maximum Gasteiger partial charge on any atom is 0.230 e. The molecule has 0 aromatic heterocycles. The molecule has 3 rings (SSSR count). The van der Waals surface area contributed by atoms with Gasteiger partial charge in [-0.2, -0.15) is 0 Å². The highest BCUT2D eigenvalue weighted by Crippen LogP contribution is 2.38. The molecule has 90 valence electrons. The van der Waals surface area contributed by atoms with Crippen molar-refractivity contribution in [2.75, 3.05) is 12.4 Å². The van der Waals surface area contributed by atoms with Crippen molar-refractivity contribution in [1.82, 2.24) is 4.90 Å². The molecule has 2 aliphatic rings. The normalized spacial score (nSPS) is 21.6. The van der Waals surface area contributed by atoms with E-state index in [1.807, 2.05) is 17.0 Å². The number of alkyl halides is 1. The third-order valence-corrected chi connectivity index (χ3v) is 3.92. The zero-order valence-corrected chi connectivity index (χ0v) is 10.5. The standard InChI is InChI=1S/C14H16ClNO/c15-7-8-16(11-5-6-11)14(17)13-9-10-3-1-2-4-12(10)13/h1-4,11,13H,5-9H2. The maximum atomic E-state index is 12.4. The summed E-state index contributed by atoms with van der Waals surface area (Å²) in [5, 5.41) is 0. The molecule has 0 bridgehead atoms. The molecule has 1 aromatic carbocycles. The third-order valence-electron chi connectivity index (χ3n) is 3.75. The van der Waals surface area contributed by atoms with E-state index < -0.39 is 0 Å². The maximum absolute atomic E-state index is 12.4. The second-order valence-electron chi connectivity index (χ2n) is 4.91. The molecule has 1 saturated carbocycles. The van der Waals surface area contributed by atoms with E-state index in [9.17, 15) is 4.79 Å². The molecule has 1 amide bonds. The van der Waals surface area contributed by atoms with Gasteiger partial charge in [-0.3, -0.25) is 4.79 Å². The third kappa shape index (κ3) is 1.95. The predicted octanol–water partition coefficient (Wildman–Crippen LogP) is 2.56. The van der Waals surface area contributed by atoms with Crippen LogP contribution in [0, 0.1) is 0 Å². The summed E-state index contributed by atoms with van der Waals surface area (Å²) in [4.78, 5) is 14.4. The van der Waals surface area contributed by atoms with Gasteiger partial charge in [0, 0.05) is 18.5 Å². The first kappa shape index (κ1) is 11.1. The van der Waals surface area contributed by atoms with E-state index in [0.717, 1.165) is 19.3 Å². The van der Waals surface area contributed by atoms with E-state index in [1.165, 1.54) is 11.1 Å². The summed E-state index contributed by atoms with van der Waals surface area (Å²) in [6.07, 6.45) is 3.20. The molecule has 17 heavy (non-hydrogen) atoms. The van der Waals surface area contributed by atoms with Gasteiger partial charge >= 0.3 is 0 Å². The second kappa shape index (κ2) is 4.34. The van der Waals surface area contributed by atoms with E-state index >= 15 is 0 Å². The van der Waals surface area contributed by atoms with Gasteiger partial charge in [0.2, 0.25) is 5.91 Å². The van der Waals surface area contributed by atoms with Gasteiger partial charge in [0.25, 0.3) is 0 Å². The minimum atomic E-state index is 0.0926. The topological polar surface area (TPSA) is 20.3 Å². The molecule has 1 aromatic rings. The summed E-state index contributed by atoms with van der Waals surface area (Å²) in [5.41, 5.74) is 2.55. The van der Waals surface area contributed by atoms with Crippen molar-refractivity contribution in [3.63, 3.8) is 0 Å². The number of nitrogens with zero attached hydrogens (tertiary/aromatic N) is 1. The first-order chi connectivity index (χ1) is 8.31. The van der Waals surface area contributed by atoms with E-state index in [-0.39, 0.29) is 11.8 Å². The summed E-state index contributed by atoms with van der Waals surface area (Å²) >= 11 is 5.78. The molecule has 1 atom stereocenters. The summed E-state index contributed by atoms with van der Waals surface area (Å²) in [5.74, 6) is 0.915. The van der Waals surface area contributed by atoms with Gasteiger partial charge in [-0.1, -0.05) is 24.3 Å². The largest absolute Gasteiger partial charge is 0.338 e. The Morgan fingerprint density at radius 2 is 2.12 bits per heavy atom. The number of rotatable bonds is 4. The van der Waals surface area contributed by atoms with Gasteiger partial charge in [0.1, 0.15) is 0 Å². The van der Waals surface area contributed by atoms with Crippen LogP contribution in [-0.2, 0) is 11.2 Å². The molecule has 3 heteroatoms. The monoisotopic (exact) mass is 249 g/mol. The molecule has 0 N–H and O–H groups in total. The molecule has 0 radical (unpaired) electrons. The average molecular weight is 250 g/mol. The molecule has 0 saturated heterocycles. The Morgan fingerprint density at radius 3 is 2.76 bits per heavy atom. The lowest BCUT2D eigenvalue weighted by atomic mass is 9.77. The van der Waals surface area contributed by atoms with Gasteiger partial charge in [-0.05, 0) is 30.4 Å². The SMILES string of the molecule is O=C(C1Cc2ccccc21)N(CCCl)C1CC1. The van der Waals surface area contributed by atoms with Gasteiger partial charge in [0.15, 0.2) is 0 Å². The van der Waals surface area contributed by atoms with Crippen LogP contribution in [0.2, 0.25) is 0 Å².